The molecule has 0 aromatic heterocycles. The minimum absolute atomic E-state index is 0.451. The molecule has 0 aliphatic carbocycles. The molecule has 0 bridgehead atoms. The van der Waals surface area contributed by atoms with Gasteiger partial charge in [0.05, 0.1) is 12.7 Å². The monoisotopic (exact) mass is 173 g/mol. The van der Waals surface area contributed by atoms with Gasteiger partial charge in [0.25, 0.3) is 0 Å². The lowest BCUT2D eigenvalue weighted by Gasteiger charge is -2.10. The van der Waals surface area contributed by atoms with Crippen molar-refractivity contribution < 1.29 is 9.47 Å². The van der Waals surface area contributed by atoms with Crippen LogP contribution in [-0.4, -0.2) is 39.0 Å². The van der Waals surface area contributed by atoms with Crippen molar-refractivity contribution in [2.24, 2.45) is 0 Å². The first-order valence-corrected chi connectivity index (χ1v) is 4.83. The Balaban J connectivity index is 1.81. The lowest BCUT2D eigenvalue weighted by Crippen LogP contribution is -2.29. The van der Waals surface area contributed by atoms with E-state index in [2.05, 4.69) is 5.32 Å². The summed E-state index contributed by atoms with van der Waals surface area (Å²) in [7, 11) is 0. The Bertz CT molecular complexity index is 103. The van der Waals surface area contributed by atoms with E-state index in [4.69, 9.17) is 9.47 Å². The van der Waals surface area contributed by atoms with Gasteiger partial charge in [0.1, 0.15) is 0 Å². The topological polar surface area (TPSA) is 30.5 Å². The predicted molar refractivity (Wildman–Crippen MR) is 48.3 cm³/mol. The van der Waals surface area contributed by atoms with Crippen LogP contribution in [0.25, 0.3) is 0 Å². The molecule has 1 aliphatic heterocycles. The Kier molecular flexibility index (Phi) is 5.32. The molecule has 72 valence electrons. The molecule has 1 fully saturated rings. The summed E-state index contributed by atoms with van der Waals surface area (Å²) >= 11 is 0. The van der Waals surface area contributed by atoms with Gasteiger partial charge < -0.3 is 14.8 Å². The fraction of sp³-hybridized carbons (Fsp3) is 1.00. The molecule has 0 radical (unpaired) electrons. The van der Waals surface area contributed by atoms with Gasteiger partial charge in [0.15, 0.2) is 0 Å². The minimum atomic E-state index is 0.451. The van der Waals surface area contributed by atoms with Gasteiger partial charge in [0, 0.05) is 26.3 Å². The smallest absolute Gasteiger partial charge is 0.0700 e. The normalized spacial score (nSPS) is 23.2. The quantitative estimate of drug-likeness (QED) is 0.602. The van der Waals surface area contributed by atoms with Crippen molar-refractivity contribution >= 4 is 0 Å². The SMILES string of the molecule is CCOCCNC[C@H]1CCCO1. The van der Waals surface area contributed by atoms with Crippen LogP contribution in [0.5, 0.6) is 0 Å². The molecular weight excluding hydrogens is 154 g/mol. The van der Waals surface area contributed by atoms with Crippen molar-refractivity contribution in [3.8, 4) is 0 Å². The first-order valence-electron chi connectivity index (χ1n) is 4.83. The van der Waals surface area contributed by atoms with Crippen LogP contribution in [0.3, 0.4) is 0 Å². The van der Waals surface area contributed by atoms with Crippen LogP contribution in [-0.2, 0) is 9.47 Å². The average Bonchev–Trinajstić information content (AvgIpc) is 2.57. The molecule has 0 unspecified atom stereocenters. The summed E-state index contributed by atoms with van der Waals surface area (Å²) in [5.41, 5.74) is 0. The molecule has 1 atom stereocenters. The molecule has 1 N–H and O–H groups in total. The van der Waals surface area contributed by atoms with E-state index in [-0.39, 0.29) is 0 Å². The number of rotatable bonds is 6. The second-order valence-electron chi connectivity index (χ2n) is 3.04. The Morgan fingerprint density at radius 2 is 2.50 bits per heavy atom. The van der Waals surface area contributed by atoms with Crippen molar-refractivity contribution in [1.82, 2.24) is 5.32 Å². The summed E-state index contributed by atoms with van der Waals surface area (Å²) < 4.78 is 10.7. The highest BCUT2D eigenvalue weighted by Crippen LogP contribution is 2.10. The lowest BCUT2D eigenvalue weighted by molar-refractivity contribution is 0.104. The molecule has 1 aliphatic rings. The predicted octanol–water partition coefficient (Wildman–Crippen LogP) is 0.791. The number of nitrogens with one attached hydrogen (secondary N) is 1. The van der Waals surface area contributed by atoms with E-state index < -0.39 is 0 Å². The van der Waals surface area contributed by atoms with Crippen LogP contribution in [0.4, 0.5) is 0 Å². The van der Waals surface area contributed by atoms with E-state index in [1.165, 1.54) is 12.8 Å². The zero-order valence-corrected chi connectivity index (χ0v) is 7.84. The van der Waals surface area contributed by atoms with Crippen LogP contribution < -0.4 is 5.32 Å². The highest BCUT2D eigenvalue weighted by molar-refractivity contribution is 4.66. The molecule has 3 heteroatoms. The van der Waals surface area contributed by atoms with Gasteiger partial charge in [-0.25, -0.2) is 0 Å². The maximum absolute atomic E-state index is 5.46. The third-order valence-corrected chi connectivity index (χ3v) is 2.02. The summed E-state index contributed by atoms with van der Waals surface area (Å²) in [6.45, 7) is 6.49. The molecule has 1 saturated heterocycles. The maximum atomic E-state index is 5.46. The second-order valence-corrected chi connectivity index (χ2v) is 3.04. The molecule has 12 heavy (non-hydrogen) atoms. The molecule has 0 aromatic rings. The Labute approximate surface area is 74.4 Å². The third kappa shape index (κ3) is 4.04. The summed E-state index contributed by atoms with van der Waals surface area (Å²) in [4.78, 5) is 0. The van der Waals surface area contributed by atoms with E-state index in [1.807, 2.05) is 6.92 Å². The highest BCUT2D eigenvalue weighted by atomic mass is 16.5. The Morgan fingerprint density at radius 1 is 1.58 bits per heavy atom. The van der Waals surface area contributed by atoms with Crippen molar-refractivity contribution in [1.29, 1.82) is 0 Å². The fourth-order valence-corrected chi connectivity index (χ4v) is 1.36. The average molecular weight is 173 g/mol. The van der Waals surface area contributed by atoms with E-state index in [1.54, 1.807) is 0 Å². The van der Waals surface area contributed by atoms with Crippen LogP contribution >= 0.6 is 0 Å². The van der Waals surface area contributed by atoms with Crippen molar-refractivity contribution in [3.05, 3.63) is 0 Å². The van der Waals surface area contributed by atoms with Crippen LogP contribution in [0.15, 0.2) is 0 Å². The van der Waals surface area contributed by atoms with Gasteiger partial charge in [-0.2, -0.15) is 0 Å². The highest BCUT2D eigenvalue weighted by Gasteiger charge is 2.13. The summed E-state index contributed by atoms with van der Waals surface area (Å²) in [5.74, 6) is 0. The number of hydrogen-bond acceptors (Lipinski definition) is 3. The molecule has 1 rings (SSSR count). The summed E-state index contributed by atoms with van der Waals surface area (Å²) in [5, 5.41) is 3.31. The van der Waals surface area contributed by atoms with Gasteiger partial charge in [-0.15, -0.1) is 0 Å². The first kappa shape index (κ1) is 9.96. The molecule has 0 amide bonds. The van der Waals surface area contributed by atoms with Crippen molar-refractivity contribution in [3.63, 3.8) is 0 Å². The van der Waals surface area contributed by atoms with Gasteiger partial charge in [0.2, 0.25) is 0 Å². The van der Waals surface area contributed by atoms with Crippen LogP contribution in [0.2, 0.25) is 0 Å². The number of hydrogen-bond donors (Lipinski definition) is 1. The standard InChI is InChI=1S/C9H19NO2/c1-2-11-7-5-10-8-9-4-3-6-12-9/h9-10H,2-8H2,1H3/t9-/m1/s1. The van der Waals surface area contributed by atoms with Crippen LogP contribution in [0.1, 0.15) is 19.8 Å². The van der Waals surface area contributed by atoms with Gasteiger partial charge in [-0.05, 0) is 19.8 Å². The summed E-state index contributed by atoms with van der Waals surface area (Å²) in [6.07, 6.45) is 2.88. The lowest BCUT2D eigenvalue weighted by atomic mass is 10.2. The molecule has 0 saturated carbocycles. The molecule has 0 spiro atoms. The molecular formula is C9H19NO2. The minimum Gasteiger partial charge on any atom is -0.380 e. The maximum Gasteiger partial charge on any atom is 0.0700 e. The van der Waals surface area contributed by atoms with E-state index in [0.29, 0.717) is 6.10 Å². The zero-order valence-electron chi connectivity index (χ0n) is 7.84. The van der Waals surface area contributed by atoms with E-state index in [0.717, 1.165) is 32.9 Å². The first-order chi connectivity index (χ1) is 5.93. The Morgan fingerprint density at radius 3 is 3.17 bits per heavy atom. The molecule has 1 heterocycles. The second kappa shape index (κ2) is 6.40. The summed E-state index contributed by atoms with van der Waals surface area (Å²) in [6, 6.07) is 0. The largest absolute Gasteiger partial charge is 0.380 e. The molecule has 0 aromatic carbocycles. The van der Waals surface area contributed by atoms with Crippen LogP contribution in [0, 0.1) is 0 Å². The third-order valence-electron chi connectivity index (χ3n) is 2.02. The zero-order chi connectivity index (χ0) is 8.65. The van der Waals surface area contributed by atoms with Gasteiger partial charge >= 0.3 is 0 Å². The fourth-order valence-electron chi connectivity index (χ4n) is 1.36. The van der Waals surface area contributed by atoms with Crippen molar-refractivity contribution in [2.45, 2.75) is 25.9 Å². The van der Waals surface area contributed by atoms with Gasteiger partial charge in [-0.1, -0.05) is 0 Å². The van der Waals surface area contributed by atoms with Crippen molar-refractivity contribution in [2.75, 3.05) is 32.9 Å². The molecule has 3 nitrogen and oxygen atoms in total. The van der Waals surface area contributed by atoms with E-state index >= 15 is 0 Å². The Hall–Kier alpha value is -0.120. The van der Waals surface area contributed by atoms with E-state index in [9.17, 15) is 0 Å². The van der Waals surface area contributed by atoms with Gasteiger partial charge in [-0.3, -0.25) is 0 Å². The number of ether oxygens (including phenoxy) is 2.